The van der Waals surface area contributed by atoms with E-state index >= 15 is 0 Å². The first-order valence-corrected chi connectivity index (χ1v) is 11.0. The molecule has 0 saturated heterocycles. The SMILES string of the molecule is Cc1ccccc1C(=O)N/C(=C\c1cccs1)C(=O)NC1CCCc2ccccc21. The molecule has 4 nitrogen and oxygen atoms in total. The van der Waals surface area contributed by atoms with E-state index in [9.17, 15) is 9.59 Å². The molecule has 1 aromatic heterocycles. The first kappa shape index (κ1) is 20.1. The van der Waals surface area contributed by atoms with Gasteiger partial charge in [0.15, 0.2) is 0 Å². The van der Waals surface area contributed by atoms with E-state index in [1.54, 1.807) is 12.1 Å². The molecule has 2 aromatic carbocycles. The van der Waals surface area contributed by atoms with Gasteiger partial charge in [0.25, 0.3) is 11.8 Å². The molecule has 1 atom stereocenters. The number of hydrogen-bond donors (Lipinski definition) is 2. The van der Waals surface area contributed by atoms with Gasteiger partial charge in [0, 0.05) is 10.4 Å². The molecule has 2 amide bonds. The van der Waals surface area contributed by atoms with E-state index < -0.39 is 0 Å². The van der Waals surface area contributed by atoms with Crippen molar-refractivity contribution in [2.45, 2.75) is 32.2 Å². The molecule has 0 spiro atoms. The lowest BCUT2D eigenvalue weighted by atomic mass is 9.87. The fourth-order valence-electron chi connectivity index (χ4n) is 3.83. The molecule has 152 valence electrons. The highest BCUT2D eigenvalue weighted by atomic mass is 32.1. The standard InChI is InChI=1S/C25H24N2O2S/c1-17-8-2-4-12-20(17)24(28)27-23(16-19-11-7-15-30-19)25(29)26-22-14-6-10-18-9-3-5-13-21(18)22/h2-5,7-9,11-13,15-16,22H,6,10,14H2,1H3,(H,26,29)(H,27,28)/b23-16-. The molecule has 1 aliphatic rings. The smallest absolute Gasteiger partial charge is 0.268 e. The molecule has 1 unspecified atom stereocenters. The number of nitrogens with one attached hydrogen (secondary N) is 2. The normalized spacial score (nSPS) is 15.9. The summed E-state index contributed by atoms with van der Waals surface area (Å²) in [6, 6.07) is 19.4. The van der Waals surface area contributed by atoms with E-state index in [1.807, 2.05) is 54.8 Å². The van der Waals surface area contributed by atoms with Crippen LogP contribution in [0.1, 0.15) is 50.8 Å². The minimum Gasteiger partial charge on any atom is -0.344 e. The summed E-state index contributed by atoms with van der Waals surface area (Å²) < 4.78 is 0. The van der Waals surface area contributed by atoms with Crippen LogP contribution in [0.2, 0.25) is 0 Å². The van der Waals surface area contributed by atoms with Crippen molar-refractivity contribution in [2.24, 2.45) is 0 Å². The first-order valence-electron chi connectivity index (χ1n) is 10.1. The molecule has 1 heterocycles. The van der Waals surface area contributed by atoms with Gasteiger partial charge in [0.1, 0.15) is 5.70 Å². The lowest BCUT2D eigenvalue weighted by Gasteiger charge is -2.26. The third-order valence-corrected chi connectivity index (χ3v) is 6.21. The second-order valence-electron chi connectivity index (χ2n) is 7.46. The Morgan fingerprint density at radius 1 is 1.03 bits per heavy atom. The van der Waals surface area contributed by atoms with Gasteiger partial charge in [0.2, 0.25) is 0 Å². The molecule has 2 N–H and O–H groups in total. The summed E-state index contributed by atoms with van der Waals surface area (Å²) >= 11 is 1.52. The molecule has 0 fully saturated rings. The second-order valence-corrected chi connectivity index (χ2v) is 8.44. The van der Waals surface area contributed by atoms with Gasteiger partial charge in [-0.3, -0.25) is 9.59 Å². The van der Waals surface area contributed by atoms with Gasteiger partial charge < -0.3 is 10.6 Å². The molecule has 1 aliphatic carbocycles. The van der Waals surface area contributed by atoms with E-state index in [0.29, 0.717) is 5.56 Å². The van der Waals surface area contributed by atoms with Crippen LogP contribution in [0, 0.1) is 6.92 Å². The Kier molecular flexibility index (Phi) is 6.10. The van der Waals surface area contributed by atoms with E-state index in [0.717, 1.165) is 35.3 Å². The van der Waals surface area contributed by atoms with Crippen molar-refractivity contribution in [3.05, 3.63) is 98.9 Å². The van der Waals surface area contributed by atoms with Crippen molar-refractivity contribution >= 4 is 29.2 Å². The first-order chi connectivity index (χ1) is 14.6. The van der Waals surface area contributed by atoms with Crippen LogP contribution in [0.15, 0.2) is 71.7 Å². The number of carbonyl (C=O) groups is 2. The number of thiophene rings is 1. The van der Waals surface area contributed by atoms with Crippen molar-refractivity contribution in [2.75, 3.05) is 0 Å². The van der Waals surface area contributed by atoms with Crippen molar-refractivity contribution < 1.29 is 9.59 Å². The van der Waals surface area contributed by atoms with Crippen LogP contribution in [0.3, 0.4) is 0 Å². The maximum absolute atomic E-state index is 13.2. The molecular formula is C25H24N2O2S. The third kappa shape index (κ3) is 4.52. The lowest BCUT2D eigenvalue weighted by molar-refractivity contribution is -0.118. The zero-order valence-corrected chi connectivity index (χ0v) is 17.7. The predicted octanol–water partition coefficient (Wildman–Crippen LogP) is 5.02. The summed E-state index contributed by atoms with van der Waals surface area (Å²) in [7, 11) is 0. The number of carbonyl (C=O) groups excluding carboxylic acids is 2. The summed E-state index contributed by atoms with van der Waals surface area (Å²) in [5.74, 6) is -0.554. The highest BCUT2D eigenvalue weighted by Crippen LogP contribution is 2.29. The number of rotatable bonds is 5. The molecule has 0 bridgehead atoms. The van der Waals surface area contributed by atoms with Gasteiger partial charge in [-0.15, -0.1) is 11.3 Å². The van der Waals surface area contributed by atoms with Crippen molar-refractivity contribution in [1.82, 2.24) is 10.6 Å². The fourth-order valence-corrected chi connectivity index (χ4v) is 4.49. The number of fused-ring (bicyclic) bond motifs is 1. The minimum atomic E-state index is -0.282. The quantitative estimate of drug-likeness (QED) is 0.574. The zero-order valence-electron chi connectivity index (χ0n) is 16.9. The number of amides is 2. The predicted molar refractivity (Wildman–Crippen MR) is 121 cm³/mol. The number of aryl methyl sites for hydroxylation is 2. The topological polar surface area (TPSA) is 58.2 Å². The van der Waals surface area contributed by atoms with E-state index in [2.05, 4.69) is 22.8 Å². The molecular weight excluding hydrogens is 392 g/mol. The van der Waals surface area contributed by atoms with Crippen molar-refractivity contribution in [1.29, 1.82) is 0 Å². The van der Waals surface area contributed by atoms with E-state index in [4.69, 9.17) is 0 Å². The van der Waals surface area contributed by atoms with Gasteiger partial charge in [-0.05, 0) is 66.5 Å². The molecule has 3 aromatic rings. The van der Waals surface area contributed by atoms with Crippen LogP contribution in [0.25, 0.3) is 6.08 Å². The average molecular weight is 417 g/mol. The van der Waals surface area contributed by atoms with Crippen LogP contribution in [0.4, 0.5) is 0 Å². The van der Waals surface area contributed by atoms with Gasteiger partial charge in [-0.25, -0.2) is 0 Å². The van der Waals surface area contributed by atoms with Gasteiger partial charge >= 0.3 is 0 Å². The van der Waals surface area contributed by atoms with Crippen LogP contribution in [0.5, 0.6) is 0 Å². The largest absolute Gasteiger partial charge is 0.344 e. The summed E-state index contributed by atoms with van der Waals surface area (Å²) in [6.07, 6.45) is 4.69. The molecule has 0 saturated carbocycles. The summed E-state index contributed by atoms with van der Waals surface area (Å²) in [5, 5.41) is 7.93. The van der Waals surface area contributed by atoms with Crippen molar-refractivity contribution in [3.63, 3.8) is 0 Å². The molecule has 0 aliphatic heterocycles. The van der Waals surface area contributed by atoms with E-state index in [1.165, 1.54) is 16.9 Å². The Morgan fingerprint density at radius 2 is 1.83 bits per heavy atom. The van der Waals surface area contributed by atoms with Gasteiger partial charge in [-0.1, -0.05) is 48.5 Å². The summed E-state index contributed by atoms with van der Waals surface area (Å²) in [4.78, 5) is 27.0. The molecule has 0 radical (unpaired) electrons. The molecule has 4 rings (SSSR count). The third-order valence-electron chi connectivity index (χ3n) is 5.39. The summed E-state index contributed by atoms with van der Waals surface area (Å²) in [6.45, 7) is 1.89. The lowest BCUT2D eigenvalue weighted by Crippen LogP contribution is -2.38. The highest BCUT2D eigenvalue weighted by Gasteiger charge is 2.24. The summed E-state index contributed by atoms with van der Waals surface area (Å²) in [5.41, 5.74) is 4.13. The van der Waals surface area contributed by atoms with Crippen LogP contribution < -0.4 is 10.6 Å². The van der Waals surface area contributed by atoms with Gasteiger partial charge in [0.05, 0.1) is 6.04 Å². The minimum absolute atomic E-state index is 0.0513. The van der Waals surface area contributed by atoms with Crippen LogP contribution >= 0.6 is 11.3 Å². The molecule has 30 heavy (non-hydrogen) atoms. The fraction of sp³-hybridized carbons (Fsp3) is 0.200. The second kappa shape index (κ2) is 9.09. The maximum Gasteiger partial charge on any atom is 0.268 e. The van der Waals surface area contributed by atoms with Crippen LogP contribution in [-0.2, 0) is 11.2 Å². The Bertz CT molecular complexity index is 1090. The average Bonchev–Trinajstić information content (AvgIpc) is 3.27. The maximum atomic E-state index is 13.2. The monoisotopic (exact) mass is 416 g/mol. The highest BCUT2D eigenvalue weighted by molar-refractivity contribution is 7.10. The Morgan fingerprint density at radius 3 is 2.63 bits per heavy atom. The number of benzene rings is 2. The van der Waals surface area contributed by atoms with Gasteiger partial charge in [-0.2, -0.15) is 0 Å². The Hall–Kier alpha value is -3.18. The Balaban J connectivity index is 1.58. The number of hydrogen-bond acceptors (Lipinski definition) is 3. The zero-order chi connectivity index (χ0) is 20.9. The van der Waals surface area contributed by atoms with Crippen LogP contribution in [-0.4, -0.2) is 11.8 Å². The Labute approximate surface area is 180 Å². The van der Waals surface area contributed by atoms with E-state index in [-0.39, 0.29) is 23.6 Å². The van der Waals surface area contributed by atoms with Crippen molar-refractivity contribution in [3.8, 4) is 0 Å². The molecule has 5 heteroatoms.